The van der Waals surface area contributed by atoms with Crippen molar-refractivity contribution in [2.75, 3.05) is 0 Å². The van der Waals surface area contributed by atoms with E-state index in [1.165, 1.54) is 0 Å². The first-order valence-corrected chi connectivity index (χ1v) is 6.83. The van der Waals surface area contributed by atoms with Crippen molar-refractivity contribution in [3.8, 4) is 40.2 Å². The highest BCUT2D eigenvalue weighted by molar-refractivity contribution is 6.00. The molecule has 0 heterocycles. The topological polar surface area (TPSA) is 179 Å². The maximum atomic E-state index is 11.8. The molecule has 0 unspecified atom stereocenters. The van der Waals surface area contributed by atoms with Gasteiger partial charge in [0.25, 0.3) is 21.7 Å². The Balaban J connectivity index is 2.30. The second-order valence-corrected chi connectivity index (χ2v) is 5.19. The van der Waals surface area contributed by atoms with E-state index in [9.17, 15) is 44.7 Å². The summed E-state index contributed by atoms with van der Waals surface area (Å²) in [7, 11) is 0. The van der Waals surface area contributed by atoms with Crippen LogP contribution < -0.4 is 26.5 Å². The van der Waals surface area contributed by atoms with Gasteiger partial charge in [-0.1, -0.05) is 0 Å². The minimum atomic E-state index is -1.73. The zero-order valence-electron chi connectivity index (χ0n) is 12.5. The van der Waals surface area contributed by atoms with E-state index in [0.717, 1.165) is 12.1 Å². The predicted octanol–water partition coefficient (Wildman–Crippen LogP) is -0.524. The number of aromatic hydroxyl groups is 5. The number of benzene rings is 3. The van der Waals surface area contributed by atoms with Gasteiger partial charge in [0.2, 0.25) is 11.5 Å². The predicted molar refractivity (Wildman–Crippen MR) is 86.2 cm³/mol. The number of ether oxygens (including phenoxy) is 1. The Morgan fingerprint density at radius 3 is 1.92 bits per heavy atom. The highest BCUT2D eigenvalue weighted by atomic mass is 16.5. The van der Waals surface area contributed by atoms with E-state index in [1.54, 1.807) is 0 Å². The van der Waals surface area contributed by atoms with Crippen LogP contribution in [0.3, 0.4) is 0 Å². The van der Waals surface area contributed by atoms with Crippen LogP contribution in [0.4, 0.5) is 0 Å². The van der Waals surface area contributed by atoms with Gasteiger partial charge in [-0.25, -0.2) is 0 Å². The third-order valence-corrected chi connectivity index (χ3v) is 3.64. The molecule has 10 nitrogen and oxygen atoms in total. The average Bonchev–Trinajstić information content (AvgIpc) is 2.61. The molecule has 0 amide bonds. The second-order valence-electron chi connectivity index (χ2n) is 5.19. The van der Waals surface area contributed by atoms with Crippen molar-refractivity contribution >= 4 is 10.8 Å². The molecule has 3 rings (SSSR count). The number of phenolic OH excluding ortho intramolecular Hbond substituents is 5. The number of rotatable bonds is 2. The number of hydrogen-bond acceptors (Lipinski definition) is 10. The molecule has 5 N–H and O–H groups in total. The van der Waals surface area contributed by atoms with Crippen LogP contribution in [-0.4, -0.2) is 25.5 Å². The molecule has 3 aromatic rings. The summed E-state index contributed by atoms with van der Waals surface area (Å²) >= 11 is 0. The summed E-state index contributed by atoms with van der Waals surface area (Å²) in [6.07, 6.45) is 0. The maximum absolute atomic E-state index is 11.8. The van der Waals surface area contributed by atoms with Gasteiger partial charge in [-0.05, 0) is 12.1 Å². The number of phenols is 5. The van der Waals surface area contributed by atoms with Crippen LogP contribution in [-0.2, 0) is 0 Å². The van der Waals surface area contributed by atoms with Crippen LogP contribution in [0.5, 0.6) is 40.2 Å². The molecule has 26 heavy (non-hydrogen) atoms. The Morgan fingerprint density at radius 1 is 0.654 bits per heavy atom. The lowest BCUT2D eigenvalue weighted by molar-refractivity contribution is 0.378. The van der Waals surface area contributed by atoms with Crippen LogP contribution in [0.25, 0.3) is 10.8 Å². The first-order chi connectivity index (χ1) is 12.1. The number of fused-ring (bicyclic) bond motifs is 1. The summed E-state index contributed by atoms with van der Waals surface area (Å²) in [4.78, 5) is 45.8. The molecule has 0 aliphatic rings. The average molecular weight is 360 g/mol. The molecule has 0 aromatic heterocycles. The van der Waals surface area contributed by atoms with E-state index in [4.69, 9.17) is 4.74 Å². The molecular formula is C16H8O10. The van der Waals surface area contributed by atoms with Crippen molar-refractivity contribution in [2.45, 2.75) is 0 Å². The van der Waals surface area contributed by atoms with E-state index in [1.807, 2.05) is 0 Å². The van der Waals surface area contributed by atoms with Gasteiger partial charge in [0.05, 0.1) is 5.39 Å². The Morgan fingerprint density at radius 2 is 1.27 bits per heavy atom. The van der Waals surface area contributed by atoms with Crippen LogP contribution in [0, 0.1) is 0 Å². The summed E-state index contributed by atoms with van der Waals surface area (Å²) in [5.41, 5.74) is -6.72. The molecule has 0 aliphatic carbocycles. The van der Waals surface area contributed by atoms with Gasteiger partial charge in [0.15, 0.2) is 23.0 Å². The van der Waals surface area contributed by atoms with Crippen LogP contribution >= 0.6 is 0 Å². The van der Waals surface area contributed by atoms with E-state index in [2.05, 4.69) is 0 Å². The molecule has 0 atom stereocenters. The molecule has 0 saturated carbocycles. The first-order valence-electron chi connectivity index (χ1n) is 6.83. The Kier molecular flexibility index (Phi) is 3.53. The molecule has 0 fully saturated rings. The lowest BCUT2D eigenvalue weighted by atomic mass is 10.1. The quantitative estimate of drug-likeness (QED) is 0.227. The van der Waals surface area contributed by atoms with Gasteiger partial charge in [0, 0.05) is 11.5 Å². The van der Waals surface area contributed by atoms with Gasteiger partial charge in [-0.15, -0.1) is 0 Å². The third kappa shape index (κ3) is 2.20. The van der Waals surface area contributed by atoms with Crippen LogP contribution in [0.1, 0.15) is 0 Å². The van der Waals surface area contributed by atoms with Gasteiger partial charge in [0.1, 0.15) is 5.75 Å². The molecule has 3 aromatic carbocycles. The highest BCUT2D eigenvalue weighted by Crippen LogP contribution is 2.47. The molecule has 0 saturated heterocycles. The molecule has 0 spiro atoms. The van der Waals surface area contributed by atoms with Crippen molar-refractivity contribution in [3.63, 3.8) is 0 Å². The Labute approximate surface area is 141 Å². The minimum absolute atomic E-state index is 0.215. The summed E-state index contributed by atoms with van der Waals surface area (Å²) in [5, 5.41) is 48.4. The van der Waals surface area contributed by atoms with Crippen LogP contribution in [0.15, 0.2) is 37.4 Å². The minimum Gasteiger partial charge on any atom is -0.507 e. The molecule has 0 aliphatic heterocycles. The van der Waals surface area contributed by atoms with Gasteiger partial charge < -0.3 is 30.3 Å². The summed E-state index contributed by atoms with van der Waals surface area (Å²) in [6.45, 7) is 0. The first kappa shape index (κ1) is 16.8. The van der Waals surface area contributed by atoms with Crippen molar-refractivity contribution in [1.82, 2.24) is 0 Å². The van der Waals surface area contributed by atoms with E-state index < -0.39 is 62.0 Å². The molecule has 0 bridgehead atoms. The fraction of sp³-hybridized carbons (Fsp3) is 0. The van der Waals surface area contributed by atoms with E-state index in [0.29, 0.717) is 6.07 Å². The van der Waals surface area contributed by atoms with E-state index in [-0.39, 0.29) is 10.8 Å². The van der Waals surface area contributed by atoms with Crippen molar-refractivity contribution in [3.05, 3.63) is 59.1 Å². The normalized spacial score (nSPS) is 10.9. The smallest absolute Gasteiger partial charge is 0.281 e. The highest BCUT2D eigenvalue weighted by Gasteiger charge is 2.23. The van der Waals surface area contributed by atoms with E-state index >= 15 is 0 Å². The SMILES string of the molecule is O=c1c(O)c(Oc2cc(O)c3c(O)c(O)ccc3c2O)c(=O)c(=O)c1=O. The Bertz CT molecular complexity index is 1280. The second kappa shape index (κ2) is 5.48. The maximum Gasteiger partial charge on any atom is 0.281 e. The molecule has 0 radical (unpaired) electrons. The summed E-state index contributed by atoms with van der Waals surface area (Å²) in [6, 6.07) is 2.80. The fourth-order valence-corrected chi connectivity index (χ4v) is 2.34. The van der Waals surface area contributed by atoms with Crippen molar-refractivity contribution < 1.29 is 30.3 Å². The monoisotopic (exact) mass is 360 g/mol. The Hall–Kier alpha value is -4.08. The molecular weight excluding hydrogens is 352 g/mol. The fourth-order valence-electron chi connectivity index (χ4n) is 2.34. The zero-order valence-corrected chi connectivity index (χ0v) is 12.5. The lowest BCUT2D eigenvalue weighted by Gasteiger charge is -2.12. The third-order valence-electron chi connectivity index (χ3n) is 3.64. The molecule has 10 heteroatoms. The zero-order chi connectivity index (χ0) is 19.3. The lowest BCUT2D eigenvalue weighted by Crippen LogP contribution is -2.46. The van der Waals surface area contributed by atoms with Gasteiger partial charge >= 0.3 is 0 Å². The largest absolute Gasteiger partial charge is 0.507 e. The summed E-state index contributed by atoms with van der Waals surface area (Å²) < 4.78 is 4.89. The summed E-state index contributed by atoms with van der Waals surface area (Å²) in [5.74, 6) is -6.06. The van der Waals surface area contributed by atoms with Crippen molar-refractivity contribution in [2.24, 2.45) is 0 Å². The van der Waals surface area contributed by atoms with Gasteiger partial charge in [-0.3, -0.25) is 19.2 Å². The molecule has 132 valence electrons. The van der Waals surface area contributed by atoms with Crippen LogP contribution in [0.2, 0.25) is 0 Å². The van der Waals surface area contributed by atoms with Gasteiger partial charge in [-0.2, -0.15) is 0 Å². The van der Waals surface area contributed by atoms with Crippen molar-refractivity contribution in [1.29, 1.82) is 0 Å². The standard InChI is InChI=1S/C16H8O10/c17-5-2-1-4-8(10(5)20)6(18)3-7(9(4)19)26-16-14(24)12(22)11(21)13(23)15(16)25/h1-3,17-20,24H. The number of hydrogen-bond donors (Lipinski definition) is 5.